The van der Waals surface area contributed by atoms with E-state index in [1.54, 1.807) is 0 Å². The van der Waals surface area contributed by atoms with E-state index >= 15 is 0 Å². The van der Waals surface area contributed by atoms with Gasteiger partial charge in [0.25, 0.3) is 0 Å². The normalized spacial score (nSPS) is 15.1. The summed E-state index contributed by atoms with van der Waals surface area (Å²) in [7, 11) is 0. The first kappa shape index (κ1) is 12.3. The van der Waals surface area contributed by atoms with Gasteiger partial charge in [0.15, 0.2) is 0 Å². The van der Waals surface area contributed by atoms with Crippen LogP contribution in [-0.4, -0.2) is 17.2 Å². The minimum atomic E-state index is 1.00. The Balaban J connectivity index is 2.41. The van der Waals surface area contributed by atoms with Gasteiger partial charge in [-0.1, -0.05) is 26.7 Å². The Labute approximate surface area is 104 Å². The summed E-state index contributed by atoms with van der Waals surface area (Å²) in [5, 5.41) is 0. The van der Waals surface area contributed by atoms with Gasteiger partial charge in [0.05, 0.1) is 0 Å². The molecule has 17 heavy (non-hydrogen) atoms. The predicted molar refractivity (Wildman–Crippen MR) is 72.9 cm³/mol. The number of aryl methyl sites for hydroxylation is 2. The van der Waals surface area contributed by atoms with Gasteiger partial charge in [-0.15, -0.1) is 0 Å². The largest absolute Gasteiger partial charge is 0.289 e. The Hall–Kier alpha value is -1.18. The molecule has 0 bridgehead atoms. The molecule has 92 valence electrons. The van der Waals surface area contributed by atoms with Crippen molar-refractivity contribution in [1.82, 2.24) is 4.98 Å². The topological polar surface area (TPSA) is 25.2 Å². The lowest BCUT2D eigenvalue weighted by atomic mass is 9.95. The summed E-state index contributed by atoms with van der Waals surface area (Å²) in [6.45, 7) is 5.45. The number of nitrogens with zero attached hydrogens (tertiary/aromatic N) is 2. The van der Waals surface area contributed by atoms with Crippen LogP contribution in [0.4, 0.5) is 0 Å². The minimum absolute atomic E-state index is 1.00. The van der Waals surface area contributed by atoms with Crippen LogP contribution in [0.25, 0.3) is 0 Å². The fraction of sp³-hybridized carbons (Fsp3) is 0.600. The van der Waals surface area contributed by atoms with Crippen LogP contribution >= 0.6 is 0 Å². The molecule has 0 fully saturated rings. The van der Waals surface area contributed by atoms with Gasteiger partial charge in [0, 0.05) is 29.7 Å². The Bertz CT molecular complexity index is 383. The van der Waals surface area contributed by atoms with E-state index in [1.165, 1.54) is 35.4 Å². The molecule has 0 spiro atoms. The second-order valence-corrected chi connectivity index (χ2v) is 4.72. The quantitative estimate of drug-likeness (QED) is 0.759. The molecule has 0 aliphatic carbocycles. The fourth-order valence-corrected chi connectivity index (χ4v) is 2.55. The van der Waals surface area contributed by atoms with E-state index < -0.39 is 0 Å². The van der Waals surface area contributed by atoms with Crippen LogP contribution in [-0.2, 0) is 12.8 Å². The van der Waals surface area contributed by atoms with Gasteiger partial charge >= 0.3 is 0 Å². The Morgan fingerprint density at radius 1 is 1.18 bits per heavy atom. The molecule has 2 rings (SSSR count). The monoisotopic (exact) mass is 230 g/mol. The lowest BCUT2D eigenvalue weighted by Crippen LogP contribution is -2.09. The van der Waals surface area contributed by atoms with Crippen LogP contribution in [0.3, 0.4) is 0 Å². The third-order valence-corrected chi connectivity index (χ3v) is 3.28. The summed E-state index contributed by atoms with van der Waals surface area (Å²) in [4.78, 5) is 9.24. The number of aliphatic imine (C=N–C) groups is 1. The Kier molecular flexibility index (Phi) is 4.29. The first-order valence-electron chi connectivity index (χ1n) is 6.87. The summed E-state index contributed by atoms with van der Waals surface area (Å²) >= 11 is 0. The summed E-state index contributed by atoms with van der Waals surface area (Å²) in [5.74, 6) is 0. The lowest BCUT2D eigenvalue weighted by molar-refractivity contribution is 0.857. The second-order valence-electron chi connectivity index (χ2n) is 4.72. The van der Waals surface area contributed by atoms with E-state index in [1.807, 2.05) is 6.20 Å². The maximum atomic E-state index is 4.67. The summed E-state index contributed by atoms with van der Waals surface area (Å²) < 4.78 is 0. The third kappa shape index (κ3) is 2.74. The summed E-state index contributed by atoms with van der Waals surface area (Å²) in [5.41, 5.74) is 5.41. The van der Waals surface area contributed by atoms with E-state index in [-0.39, 0.29) is 0 Å². The van der Waals surface area contributed by atoms with Crippen LogP contribution in [0.1, 0.15) is 56.4 Å². The van der Waals surface area contributed by atoms with Crippen LogP contribution in [0.2, 0.25) is 0 Å². The zero-order valence-corrected chi connectivity index (χ0v) is 11.0. The van der Waals surface area contributed by atoms with Crippen molar-refractivity contribution in [2.45, 2.75) is 52.4 Å². The molecule has 0 aromatic carbocycles. The Morgan fingerprint density at radius 3 is 2.65 bits per heavy atom. The smallest absolute Gasteiger partial charge is 0.0496 e. The highest BCUT2D eigenvalue weighted by atomic mass is 14.8. The first-order chi connectivity index (χ1) is 8.36. The van der Waals surface area contributed by atoms with Gasteiger partial charge in [-0.25, -0.2) is 0 Å². The predicted octanol–water partition coefficient (Wildman–Crippen LogP) is 3.57. The molecule has 2 heterocycles. The van der Waals surface area contributed by atoms with Crippen molar-refractivity contribution in [2.75, 3.05) is 6.54 Å². The van der Waals surface area contributed by atoms with Crippen molar-refractivity contribution in [3.8, 4) is 0 Å². The van der Waals surface area contributed by atoms with Crippen LogP contribution < -0.4 is 0 Å². The van der Waals surface area contributed by atoms with Crippen molar-refractivity contribution in [2.24, 2.45) is 4.99 Å². The van der Waals surface area contributed by atoms with Crippen molar-refractivity contribution < 1.29 is 0 Å². The average molecular weight is 230 g/mol. The van der Waals surface area contributed by atoms with Gasteiger partial charge in [-0.05, 0) is 37.3 Å². The van der Waals surface area contributed by atoms with Crippen molar-refractivity contribution in [3.05, 3.63) is 29.1 Å². The molecule has 0 radical (unpaired) electrons. The lowest BCUT2D eigenvalue weighted by Gasteiger charge is -2.13. The number of aromatic nitrogens is 1. The number of hydrogen-bond donors (Lipinski definition) is 0. The highest BCUT2D eigenvalue weighted by molar-refractivity contribution is 6.03. The molecular weight excluding hydrogens is 208 g/mol. The number of pyridine rings is 1. The van der Waals surface area contributed by atoms with Gasteiger partial charge < -0.3 is 0 Å². The highest BCUT2D eigenvalue weighted by Gasteiger charge is 2.17. The van der Waals surface area contributed by atoms with E-state index in [4.69, 9.17) is 0 Å². The molecule has 0 unspecified atom stereocenters. The Morgan fingerprint density at radius 2 is 2.00 bits per heavy atom. The molecule has 0 atom stereocenters. The van der Waals surface area contributed by atoms with Crippen LogP contribution in [0.5, 0.6) is 0 Å². The van der Waals surface area contributed by atoms with Gasteiger partial charge in [-0.3, -0.25) is 9.98 Å². The molecule has 1 aliphatic rings. The molecular formula is C15H22N2. The zero-order chi connectivity index (χ0) is 12.1. The van der Waals surface area contributed by atoms with Crippen LogP contribution in [0, 0.1) is 0 Å². The average Bonchev–Trinajstić information content (AvgIpc) is 2.84. The highest BCUT2D eigenvalue weighted by Crippen LogP contribution is 2.22. The summed E-state index contributed by atoms with van der Waals surface area (Å²) in [6.07, 6.45) is 8.88. The van der Waals surface area contributed by atoms with Gasteiger partial charge in [0.2, 0.25) is 0 Å². The van der Waals surface area contributed by atoms with E-state index in [9.17, 15) is 0 Å². The molecule has 0 saturated carbocycles. The van der Waals surface area contributed by atoms with Crippen molar-refractivity contribution in [3.63, 3.8) is 0 Å². The second kappa shape index (κ2) is 5.95. The SMILES string of the molecule is CCCc1ccnc(CCC)c1C1=NCCC1. The maximum absolute atomic E-state index is 4.67. The first-order valence-corrected chi connectivity index (χ1v) is 6.87. The maximum Gasteiger partial charge on any atom is 0.0496 e. The van der Waals surface area contributed by atoms with E-state index in [0.717, 1.165) is 32.2 Å². The van der Waals surface area contributed by atoms with E-state index in [0.29, 0.717) is 0 Å². The van der Waals surface area contributed by atoms with Crippen LogP contribution in [0.15, 0.2) is 17.3 Å². The zero-order valence-electron chi connectivity index (χ0n) is 11.0. The minimum Gasteiger partial charge on any atom is -0.289 e. The number of rotatable bonds is 5. The van der Waals surface area contributed by atoms with Crippen molar-refractivity contribution in [1.29, 1.82) is 0 Å². The molecule has 2 nitrogen and oxygen atoms in total. The van der Waals surface area contributed by atoms with Gasteiger partial charge in [0.1, 0.15) is 0 Å². The molecule has 1 aromatic rings. The van der Waals surface area contributed by atoms with Gasteiger partial charge in [-0.2, -0.15) is 0 Å². The standard InChI is InChI=1S/C15H22N2/c1-3-6-12-9-11-17-13(7-4-2)15(12)14-8-5-10-16-14/h9,11H,3-8,10H2,1-2H3. The molecule has 0 N–H and O–H groups in total. The number of hydrogen-bond acceptors (Lipinski definition) is 2. The molecule has 1 aromatic heterocycles. The molecule has 2 heteroatoms. The summed E-state index contributed by atoms with van der Waals surface area (Å²) in [6, 6.07) is 2.18. The third-order valence-electron chi connectivity index (χ3n) is 3.28. The van der Waals surface area contributed by atoms with Crippen molar-refractivity contribution >= 4 is 5.71 Å². The molecule has 0 amide bonds. The molecule has 1 aliphatic heterocycles. The molecule has 0 saturated heterocycles. The fourth-order valence-electron chi connectivity index (χ4n) is 2.55. The van der Waals surface area contributed by atoms with E-state index in [2.05, 4.69) is 29.9 Å².